The van der Waals surface area contributed by atoms with Crippen molar-refractivity contribution in [2.24, 2.45) is 0 Å². The van der Waals surface area contributed by atoms with Crippen molar-refractivity contribution < 1.29 is 4.74 Å². The molecule has 0 unspecified atom stereocenters. The van der Waals surface area contributed by atoms with Crippen molar-refractivity contribution in [2.45, 2.75) is 13.1 Å². The molecular formula is C15H17N5O. The summed E-state index contributed by atoms with van der Waals surface area (Å²) in [6.45, 7) is 1.89. The van der Waals surface area contributed by atoms with Gasteiger partial charge in [-0.25, -0.2) is 4.68 Å². The van der Waals surface area contributed by atoms with Gasteiger partial charge in [0.2, 0.25) is 0 Å². The van der Waals surface area contributed by atoms with Crippen molar-refractivity contribution in [2.75, 3.05) is 13.7 Å². The van der Waals surface area contributed by atoms with E-state index < -0.39 is 0 Å². The van der Waals surface area contributed by atoms with Crippen LogP contribution in [0.5, 0.6) is 5.75 Å². The zero-order valence-corrected chi connectivity index (χ0v) is 11.9. The molecule has 0 bridgehead atoms. The molecule has 6 heteroatoms. The normalized spacial score (nSPS) is 10.9. The van der Waals surface area contributed by atoms with Crippen LogP contribution in [0.1, 0.15) is 5.69 Å². The van der Waals surface area contributed by atoms with Crippen LogP contribution >= 0.6 is 0 Å². The second kappa shape index (κ2) is 6.32. The van der Waals surface area contributed by atoms with E-state index in [0.717, 1.165) is 22.3 Å². The fourth-order valence-corrected chi connectivity index (χ4v) is 2.15. The van der Waals surface area contributed by atoms with Gasteiger partial charge in [0.25, 0.3) is 0 Å². The minimum Gasteiger partial charge on any atom is -0.489 e. The fraction of sp³-hybridized carbons (Fsp3) is 0.267. The number of nitrogens with zero attached hydrogens (tertiary/aromatic N) is 4. The van der Waals surface area contributed by atoms with Crippen molar-refractivity contribution >= 4 is 10.9 Å². The lowest BCUT2D eigenvalue weighted by atomic mass is 10.2. The van der Waals surface area contributed by atoms with E-state index in [1.807, 2.05) is 43.6 Å². The second-order valence-electron chi connectivity index (χ2n) is 4.68. The number of aromatic nitrogens is 4. The van der Waals surface area contributed by atoms with Crippen molar-refractivity contribution in [3.05, 3.63) is 48.4 Å². The predicted molar refractivity (Wildman–Crippen MR) is 80.0 cm³/mol. The molecule has 0 aliphatic rings. The second-order valence-corrected chi connectivity index (χ2v) is 4.68. The molecule has 0 fully saturated rings. The van der Waals surface area contributed by atoms with Gasteiger partial charge in [-0.15, -0.1) is 5.10 Å². The highest BCUT2D eigenvalue weighted by atomic mass is 16.5. The lowest BCUT2D eigenvalue weighted by Crippen LogP contribution is -2.09. The Hall–Kier alpha value is -2.47. The van der Waals surface area contributed by atoms with Crippen LogP contribution in [0.4, 0.5) is 0 Å². The Labute approximate surface area is 122 Å². The first-order valence-corrected chi connectivity index (χ1v) is 6.87. The Morgan fingerprint density at radius 3 is 3.05 bits per heavy atom. The van der Waals surface area contributed by atoms with E-state index in [1.54, 1.807) is 10.9 Å². The average Bonchev–Trinajstić information content (AvgIpc) is 2.96. The van der Waals surface area contributed by atoms with E-state index in [1.165, 1.54) is 0 Å². The van der Waals surface area contributed by atoms with E-state index in [4.69, 9.17) is 4.74 Å². The Bertz CT molecular complexity index is 719. The highest BCUT2D eigenvalue weighted by molar-refractivity contribution is 5.84. The zero-order valence-electron chi connectivity index (χ0n) is 11.9. The minimum atomic E-state index is 0.526. The quantitative estimate of drug-likeness (QED) is 0.745. The number of hydrogen-bond acceptors (Lipinski definition) is 5. The molecule has 0 amide bonds. The van der Waals surface area contributed by atoms with Crippen LogP contribution in [0.15, 0.2) is 42.7 Å². The van der Waals surface area contributed by atoms with Gasteiger partial charge in [0, 0.05) is 24.3 Å². The van der Waals surface area contributed by atoms with Crippen molar-refractivity contribution in [1.82, 2.24) is 25.3 Å². The molecule has 0 aliphatic carbocycles. The minimum absolute atomic E-state index is 0.526. The van der Waals surface area contributed by atoms with Gasteiger partial charge in [0.1, 0.15) is 17.9 Å². The van der Waals surface area contributed by atoms with E-state index in [0.29, 0.717) is 19.7 Å². The van der Waals surface area contributed by atoms with E-state index in [-0.39, 0.29) is 0 Å². The highest BCUT2D eigenvalue weighted by Gasteiger charge is 2.03. The number of hydrogen-bond donors (Lipinski definition) is 1. The lowest BCUT2D eigenvalue weighted by Gasteiger charge is -2.08. The molecule has 0 aliphatic heterocycles. The molecule has 3 aromatic rings. The molecule has 0 saturated heterocycles. The van der Waals surface area contributed by atoms with Gasteiger partial charge in [-0.2, -0.15) is 0 Å². The molecule has 3 rings (SSSR count). The van der Waals surface area contributed by atoms with Gasteiger partial charge in [0.15, 0.2) is 0 Å². The third kappa shape index (κ3) is 3.17. The van der Waals surface area contributed by atoms with Crippen molar-refractivity contribution in [3.63, 3.8) is 0 Å². The summed E-state index contributed by atoms with van der Waals surface area (Å²) in [7, 11) is 1.88. The monoisotopic (exact) mass is 283 g/mol. The van der Waals surface area contributed by atoms with Crippen LogP contribution < -0.4 is 10.1 Å². The van der Waals surface area contributed by atoms with Gasteiger partial charge in [-0.1, -0.05) is 23.4 Å². The topological polar surface area (TPSA) is 64.9 Å². The first-order valence-electron chi connectivity index (χ1n) is 6.87. The summed E-state index contributed by atoms with van der Waals surface area (Å²) >= 11 is 0. The number of rotatable bonds is 6. The van der Waals surface area contributed by atoms with Gasteiger partial charge < -0.3 is 10.1 Å². The number of benzene rings is 1. The molecular weight excluding hydrogens is 266 g/mol. The first kappa shape index (κ1) is 13.5. The smallest absolute Gasteiger partial charge is 0.145 e. The number of fused-ring (bicyclic) bond motifs is 1. The molecule has 0 saturated carbocycles. The third-order valence-electron chi connectivity index (χ3n) is 3.12. The lowest BCUT2D eigenvalue weighted by molar-refractivity contribution is 0.292. The number of ether oxygens (including phenoxy) is 1. The van der Waals surface area contributed by atoms with E-state index >= 15 is 0 Å². The molecule has 0 atom stereocenters. The van der Waals surface area contributed by atoms with Crippen LogP contribution in [0.2, 0.25) is 0 Å². The van der Waals surface area contributed by atoms with Gasteiger partial charge in [-0.05, 0) is 19.2 Å². The summed E-state index contributed by atoms with van der Waals surface area (Å²) < 4.78 is 7.61. The van der Waals surface area contributed by atoms with Crippen molar-refractivity contribution in [1.29, 1.82) is 0 Å². The van der Waals surface area contributed by atoms with Crippen LogP contribution in [0.3, 0.4) is 0 Å². The molecule has 1 N–H and O–H groups in total. The van der Waals surface area contributed by atoms with Gasteiger partial charge in [0.05, 0.1) is 12.2 Å². The van der Waals surface area contributed by atoms with E-state index in [2.05, 4.69) is 20.6 Å². The average molecular weight is 283 g/mol. The molecule has 6 nitrogen and oxygen atoms in total. The Morgan fingerprint density at radius 2 is 2.14 bits per heavy atom. The molecule has 21 heavy (non-hydrogen) atoms. The largest absolute Gasteiger partial charge is 0.489 e. The number of para-hydroxylation sites is 1. The predicted octanol–water partition coefficient (Wildman–Crippen LogP) is 1.62. The summed E-state index contributed by atoms with van der Waals surface area (Å²) in [6.07, 6.45) is 3.69. The summed E-state index contributed by atoms with van der Waals surface area (Å²) in [5.74, 6) is 0.795. The Kier molecular flexibility index (Phi) is 4.07. The molecule has 0 spiro atoms. The standard InChI is InChI=1S/C15H17N5O/c1-16-10-13-11-20(19-18-13)8-9-21-14-6-2-4-12-5-3-7-17-15(12)14/h2-7,11,16H,8-10H2,1H3. The fourth-order valence-electron chi connectivity index (χ4n) is 2.15. The maximum absolute atomic E-state index is 5.83. The van der Waals surface area contributed by atoms with Crippen LogP contribution in [-0.4, -0.2) is 33.6 Å². The molecule has 1 aromatic carbocycles. The molecule has 2 aromatic heterocycles. The SMILES string of the molecule is CNCc1cn(CCOc2cccc3cccnc23)nn1. The Balaban J connectivity index is 1.63. The maximum Gasteiger partial charge on any atom is 0.145 e. The molecule has 2 heterocycles. The van der Waals surface area contributed by atoms with Crippen LogP contribution in [0.25, 0.3) is 10.9 Å². The van der Waals surface area contributed by atoms with Gasteiger partial charge >= 0.3 is 0 Å². The third-order valence-corrected chi connectivity index (χ3v) is 3.12. The molecule has 0 radical (unpaired) electrons. The van der Waals surface area contributed by atoms with E-state index in [9.17, 15) is 0 Å². The van der Waals surface area contributed by atoms with Crippen LogP contribution in [-0.2, 0) is 13.1 Å². The molecule has 108 valence electrons. The summed E-state index contributed by atoms with van der Waals surface area (Å²) in [5.41, 5.74) is 1.80. The number of nitrogens with one attached hydrogen (secondary N) is 1. The summed E-state index contributed by atoms with van der Waals surface area (Å²) in [6, 6.07) is 9.88. The zero-order chi connectivity index (χ0) is 14.5. The van der Waals surface area contributed by atoms with Crippen LogP contribution in [0, 0.1) is 0 Å². The highest BCUT2D eigenvalue weighted by Crippen LogP contribution is 2.22. The number of pyridine rings is 1. The maximum atomic E-state index is 5.83. The van der Waals surface area contributed by atoms with Gasteiger partial charge in [-0.3, -0.25) is 4.98 Å². The summed E-state index contributed by atoms with van der Waals surface area (Å²) in [4.78, 5) is 4.37. The first-order chi connectivity index (χ1) is 10.4. The Morgan fingerprint density at radius 1 is 1.24 bits per heavy atom. The van der Waals surface area contributed by atoms with Crippen molar-refractivity contribution in [3.8, 4) is 5.75 Å². The summed E-state index contributed by atoms with van der Waals surface area (Å²) in [5, 5.41) is 12.2.